The van der Waals surface area contributed by atoms with Gasteiger partial charge in [-0.3, -0.25) is 9.59 Å². The van der Waals surface area contributed by atoms with Crippen LogP contribution in [-0.2, 0) is 14.3 Å². The van der Waals surface area contributed by atoms with E-state index in [9.17, 15) is 9.59 Å². The number of allylic oxidation sites excluding steroid dienone is 4. The number of hydrogen-bond donors (Lipinski definition) is 1. The average Bonchev–Trinajstić information content (AvgIpc) is 2.80. The molecule has 0 aromatic heterocycles. The van der Waals surface area contributed by atoms with Crippen molar-refractivity contribution in [1.82, 2.24) is 10.2 Å². The Hall–Kier alpha value is -1.79. The molecule has 0 spiro atoms. The van der Waals surface area contributed by atoms with E-state index in [0.29, 0.717) is 31.4 Å². The Labute approximate surface area is 190 Å². The molecular formula is C25H34N2O3S. The predicted molar refractivity (Wildman–Crippen MR) is 125 cm³/mol. The van der Waals surface area contributed by atoms with Crippen molar-refractivity contribution in [3.05, 3.63) is 45.9 Å². The van der Waals surface area contributed by atoms with E-state index in [2.05, 4.69) is 22.4 Å². The first kappa shape index (κ1) is 22.4. The SMILES string of the molecule is COCC1CC(C(=O)N2CCC[C@@H]3CCCCC32)=CC=C1NC(=O)CC1=CCC=CS1. The molecule has 31 heavy (non-hydrogen) atoms. The van der Waals surface area contributed by atoms with E-state index in [4.69, 9.17) is 4.74 Å². The lowest BCUT2D eigenvalue weighted by atomic mass is 9.78. The maximum Gasteiger partial charge on any atom is 0.250 e. The third-order valence-corrected chi connectivity index (χ3v) is 7.87. The van der Waals surface area contributed by atoms with Crippen LogP contribution in [0.2, 0.25) is 0 Å². The van der Waals surface area contributed by atoms with Gasteiger partial charge < -0.3 is 15.0 Å². The lowest BCUT2D eigenvalue weighted by Crippen LogP contribution is -2.50. The summed E-state index contributed by atoms with van der Waals surface area (Å²) < 4.78 is 5.43. The van der Waals surface area contributed by atoms with Crippen LogP contribution in [0, 0.1) is 11.8 Å². The lowest BCUT2D eigenvalue weighted by molar-refractivity contribution is -0.133. The Morgan fingerprint density at radius 1 is 1.19 bits per heavy atom. The Morgan fingerprint density at radius 2 is 2.03 bits per heavy atom. The summed E-state index contributed by atoms with van der Waals surface area (Å²) >= 11 is 1.61. The van der Waals surface area contributed by atoms with Gasteiger partial charge in [0.2, 0.25) is 11.8 Å². The van der Waals surface area contributed by atoms with Gasteiger partial charge in [0, 0.05) is 36.9 Å². The van der Waals surface area contributed by atoms with E-state index in [1.54, 1.807) is 18.9 Å². The summed E-state index contributed by atoms with van der Waals surface area (Å²) in [4.78, 5) is 29.3. The Balaban J connectivity index is 1.43. The number of amides is 2. The average molecular weight is 443 g/mol. The van der Waals surface area contributed by atoms with Gasteiger partial charge in [0.25, 0.3) is 0 Å². The molecule has 2 aliphatic carbocycles. The standard InChI is InChI=1S/C25H34N2O3S/c1-30-17-20-15-19(25(29)27-13-6-8-18-7-2-3-10-23(18)27)11-12-22(20)26-24(28)16-21-9-4-5-14-31-21/h5,9,11-12,14,18,20,23H,2-4,6-8,10,13,15-17H2,1H3,(H,26,28)/t18-,20?,23?/m0/s1. The summed E-state index contributed by atoms with van der Waals surface area (Å²) in [5.41, 5.74) is 1.71. The van der Waals surface area contributed by atoms with Crippen LogP contribution in [0.15, 0.2) is 45.9 Å². The predicted octanol–water partition coefficient (Wildman–Crippen LogP) is 4.69. The fourth-order valence-corrected chi connectivity index (χ4v) is 6.19. The van der Waals surface area contributed by atoms with Crippen molar-refractivity contribution >= 4 is 23.6 Å². The van der Waals surface area contributed by atoms with Gasteiger partial charge >= 0.3 is 0 Å². The number of methoxy groups -OCH3 is 1. The Bertz CT molecular complexity index is 812. The molecule has 3 atom stereocenters. The number of thioether (sulfide) groups is 1. The molecule has 1 saturated heterocycles. The van der Waals surface area contributed by atoms with Crippen LogP contribution in [0.1, 0.15) is 57.8 Å². The van der Waals surface area contributed by atoms with Crippen molar-refractivity contribution in [2.24, 2.45) is 11.8 Å². The third-order valence-electron chi connectivity index (χ3n) is 6.93. The summed E-state index contributed by atoms with van der Waals surface area (Å²) in [6.45, 7) is 1.36. The van der Waals surface area contributed by atoms with Crippen molar-refractivity contribution in [3.63, 3.8) is 0 Å². The van der Waals surface area contributed by atoms with Crippen LogP contribution in [0.5, 0.6) is 0 Å². The summed E-state index contributed by atoms with van der Waals surface area (Å²) in [6, 6.07) is 0.414. The van der Waals surface area contributed by atoms with Crippen LogP contribution >= 0.6 is 11.8 Å². The minimum absolute atomic E-state index is 0.00210. The maximum absolute atomic E-state index is 13.4. The van der Waals surface area contributed by atoms with Crippen molar-refractivity contribution in [1.29, 1.82) is 0 Å². The first-order valence-corrected chi connectivity index (χ1v) is 12.5. The number of nitrogens with zero attached hydrogens (tertiary/aromatic N) is 1. The Morgan fingerprint density at radius 3 is 2.84 bits per heavy atom. The second-order valence-electron chi connectivity index (χ2n) is 9.04. The van der Waals surface area contributed by atoms with Crippen LogP contribution in [0.25, 0.3) is 0 Å². The second-order valence-corrected chi connectivity index (χ2v) is 10.1. The number of hydrogen-bond acceptors (Lipinski definition) is 4. The van der Waals surface area contributed by atoms with E-state index in [1.165, 1.54) is 25.7 Å². The molecule has 6 heteroatoms. The molecule has 4 aliphatic rings. The van der Waals surface area contributed by atoms with Gasteiger partial charge in [-0.2, -0.15) is 0 Å². The zero-order valence-electron chi connectivity index (χ0n) is 18.5. The first-order chi connectivity index (χ1) is 15.2. The number of piperidine rings is 1. The molecule has 0 bridgehead atoms. The van der Waals surface area contributed by atoms with Crippen molar-refractivity contribution < 1.29 is 14.3 Å². The number of carbonyl (C=O) groups excluding carboxylic acids is 2. The zero-order valence-corrected chi connectivity index (χ0v) is 19.3. The molecule has 0 aromatic carbocycles. The quantitative estimate of drug-likeness (QED) is 0.649. The molecule has 1 saturated carbocycles. The van der Waals surface area contributed by atoms with Crippen molar-refractivity contribution in [2.75, 3.05) is 20.3 Å². The van der Waals surface area contributed by atoms with E-state index in [0.717, 1.165) is 42.0 Å². The molecule has 2 heterocycles. The topological polar surface area (TPSA) is 58.6 Å². The minimum Gasteiger partial charge on any atom is -0.384 e. The maximum atomic E-state index is 13.4. The summed E-state index contributed by atoms with van der Waals surface area (Å²) in [7, 11) is 1.67. The van der Waals surface area contributed by atoms with Gasteiger partial charge in [-0.1, -0.05) is 31.1 Å². The molecule has 2 aliphatic heterocycles. The van der Waals surface area contributed by atoms with E-state index < -0.39 is 0 Å². The number of likely N-dealkylation sites (tertiary alicyclic amines) is 1. The highest BCUT2D eigenvalue weighted by atomic mass is 32.2. The van der Waals surface area contributed by atoms with Gasteiger partial charge in [-0.05, 0) is 60.8 Å². The molecular weight excluding hydrogens is 408 g/mol. The fourth-order valence-electron chi connectivity index (χ4n) is 5.40. The molecule has 2 unspecified atom stereocenters. The van der Waals surface area contributed by atoms with Crippen molar-refractivity contribution in [3.8, 4) is 0 Å². The van der Waals surface area contributed by atoms with Gasteiger partial charge in [0.05, 0.1) is 13.0 Å². The van der Waals surface area contributed by atoms with Gasteiger partial charge in [0.15, 0.2) is 0 Å². The highest BCUT2D eigenvalue weighted by Crippen LogP contribution is 2.37. The summed E-state index contributed by atoms with van der Waals surface area (Å²) in [5.74, 6) is 0.857. The normalized spacial score (nSPS) is 28.2. The molecule has 168 valence electrons. The molecule has 2 fully saturated rings. The van der Waals surface area contributed by atoms with E-state index >= 15 is 0 Å². The van der Waals surface area contributed by atoms with Crippen LogP contribution in [0.3, 0.4) is 0 Å². The number of fused-ring (bicyclic) bond motifs is 1. The van der Waals surface area contributed by atoms with Crippen LogP contribution in [-0.4, -0.2) is 43.0 Å². The van der Waals surface area contributed by atoms with E-state index in [-0.39, 0.29) is 17.7 Å². The Kier molecular flexibility index (Phi) is 7.72. The lowest BCUT2D eigenvalue weighted by Gasteiger charge is -2.44. The van der Waals surface area contributed by atoms with Crippen molar-refractivity contribution in [2.45, 2.75) is 63.8 Å². The van der Waals surface area contributed by atoms with Gasteiger partial charge in [0.1, 0.15) is 0 Å². The smallest absolute Gasteiger partial charge is 0.250 e. The minimum atomic E-state index is -0.00865. The molecule has 2 amide bonds. The molecule has 0 aromatic rings. The number of rotatable bonds is 6. The monoisotopic (exact) mass is 442 g/mol. The summed E-state index contributed by atoms with van der Waals surface area (Å²) in [5, 5.41) is 5.12. The largest absolute Gasteiger partial charge is 0.384 e. The molecule has 1 N–H and O–H groups in total. The second kappa shape index (κ2) is 10.7. The zero-order chi connectivity index (χ0) is 21.6. The van der Waals surface area contributed by atoms with Crippen LogP contribution in [0.4, 0.5) is 0 Å². The van der Waals surface area contributed by atoms with E-state index in [1.807, 2.05) is 17.6 Å². The number of ether oxygens (including phenoxy) is 1. The van der Waals surface area contributed by atoms with Gasteiger partial charge in [-0.15, -0.1) is 11.8 Å². The van der Waals surface area contributed by atoms with Gasteiger partial charge in [-0.25, -0.2) is 0 Å². The third kappa shape index (κ3) is 5.53. The number of nitrogens with one attached hydrogen (secondary N) is 1. The highest BCUT2D eigenvalue weighted by Gasteiger charge is 2.37. The van der Waals surface area contributed by atoms with Crippen LogP contribution < -0.4 is 5.32 Å². The first-order valence-electron chi connectivity index (χ1n) is 11.7. The highest BCUT2D eigenvalue weighted by molar-refractivity contribution is 8.05. The number of carbonyl (C=O) groups is 2. The molecule has 0 radical (unpaired) electrons. The molecule has 5 nitrogen and oxygen atoms in total. The fraction of sp³-hybridized carbons (Fsp3) is 0.600. The molecule has 4 rings (SSSR count). The summed E-state index contributed by atoms with van der Waals surface area (Å²) in [6.07, 6.45) is 17.2.